The Balaban J connectivity index is 2.18. The summed E-state index contributed by atoms with van der Waals surface area (Å²) in [5.74, 6) is -1.80. The number of carboxylic acids is 1. The SMILES string of the molecule is O=C(Cn1cc(Br)ccc1=O)Nc1ncccc1C(=O)O. The minimum atomic E-state index is -1.20. The highest BCUT2D eigenvalue weighted by Crippen LogP contribution is 2.11. The van der Waals surface area contributed by atoms with Crippen LogP contribution in [0.2, 0.25) is 0 Å². The maximum atomic E-state index is 11.9. The Bertz CT molecular complexity index is 757. The molecule has 0 aliphatic carbocycles. The molecule has 2 heterocycles. The zero-order valence-corrected chi connectivity index (χ0v) is 12.2. The zero-order chi connectivity index (χ0) is 15.4. The van der Waals surface area contributed by atoms with Crippen molar-refractivity contribution in [2.24, 2.45) is 0 Å². The average Bonchev–Trinajstić information content (AvgIpc) is 2.43. The molecule has 0 aliphatic rings. The molecule has 1 amide bonds. The third kappa shape index (κ3) is 3.76. The number of pyridine rings is 2. The smallest absolute Gasteiger partial charge is 0.339 e. The van der Waals surface area contributed by atoms with Gasteiger partial charge in [0.1, 0.15) is 17.9 Å². The van der Waals surface area contributed by atoms with E-state index in [-0.39, 0.29) is 23.5 Å². The summed E-state index contributed by atoms with van der Waals surface area (Å²) in [5, 5.41) is 11.4. The van der Waals surface area contributed by atoms with Crippen LogP contribution in [0.5, 0.6) is 0 Å². The molecular formula is C13H10BrN3O4. The van der Waals surface area contributed by atoms with Crippen LogP contribution in [-0.2, 0) is 11.3 Å². The van der Waals surface area contributed by atoms with Crippen LogP contribution < -0.4 is 10.9 Å². The molecule has 108 valence electrons. The highest BCUT2D eigenvalue weighted by Gasteiger charge is 2.13. The second-order valence-electron chi connectivity index (χ2n) is 4.07. The maximum absolute atomic E-state index is 11.9. The summed E-state index contributed by atoms with van der Waals surface area (Å²) < 4.78 is 1.85. The van der Waals surface area contributed by atoms with Gasteiger partial charge in [-0.25, -0.2) is 9.78 Å². The molecule has 0 bridgehead atoms. The van der Waals surface area contributed by atoms with E-state index in [0.717, 1.165) is 0 Å². The minimum Gasteiger partial charge on any atom is -0.478 e. The third-order valence-corrected chi connectivity index (χ3v) is 3.03. The van der Waals surface area contributed by atoms with E-state index in [2.05, 4.69) is 26.2 Å². The van der Waals surface area contributed by atoms with Gasteiger partial charge in [0.2, 0.25) is 5.91 Å². The second kappa shape index (κ2) is 6.31. The van der Waals surface area contributed by atoms with Gasteiger partial charge in [0.05, 0.1) is 0 Å². The van der Waals surface area contributed by atoms with Crippen molar-refractivity contribution in [3.63, 3.8) is 0 Å². The summed E-state index contributed by atoms with van der Waals surface area (Å²) in [6.07, 6.45) is 2.84. The lowest BCUT2D eigenvalue weighted by Crippen LogP contribution is -2.27. The topological polar surface area (TPSA) is 101 Å². The number of aromatic carboxylic acids is 1. The van der Waals surface area contributed by atoms with Crippen LogP contribution in [0.15, 0.2) is 45.9 Å². The Kier molecular flexibility index (Phi) is 4.49. The van der Waals surface area contributed by atoms with E-state index in [0.29, 0.717) is 4.47 Å². The number of carbonyl (C=O) groups excluding carboxylic acids is 1. The van der Waals surface area contributed by atoms with Gasteiger partial charge < -0.3 is 15.0 Å². The first kappa shape index (κ1) is 14.9. The van der Waals surface area contributed by atoms with Gasteiger partial charge in [-0.15, -0.1) is 0 Å². The average molecular weight is 352 g/mol. The molecule has 2 N–H and O–H groups in total. The molecule has 0 spiro atoms. The van der Waals surface area contributed by atoms with Crippen LogP contribution in [0.1, 0.15) is 10.4 Å². The Hall–Kier alpha value is -2.48. The second-order valence-corrected chi connectivity index (χ2v) is 4.98. The molecule has 0 fully saturated rings. The van der Waals surface area contributed by atoms with Gasteiger partial charge in [-0.3, -0.25) is 9.59 Å². The van der Waals surface area contributed by atoms with E-state index in [1.807, 2.05) is 0 Å². The number of hydrogen-bond acceptors (Lipinski definition) is 4. The Morgan fingerprint density at radius 1 is 1.33 bits per heavy atom. The molecule has 2 aromatic heterocycles. The number of nitrogens with one attached hydrogen (secondary N) is 1. The van der Waals surface area contributed by atoms with Crippen LogP contribution in [0, 0.1) is 0 Å². The maximum Gasteiger partial charge on any atom is 0.339 e. The van der Waals surface area contributed by atoms with Crippen LogP contribution in [0.4, 0.5) is 5.82 Å². The molecule has 2 rings (SSSR count). The summed E-state index contributed by atoms with van der Waals surface area (Å²) >= 11 is 3.20. The van der Waals surface area contributed by atoms with Gasteiger partial charge >= 0.3 is 5.97 Å². The predicted octanol–water partition coefficient (Wildman–Crippen LogP) is 1.34. The van der Waals surface area contributed by atoms with Crippen molar-refractivity contribution in [1.82, 2.24) is 9.55 Å². The van der Waals surface area contributed by atoms with Crippen LogP contribution >= 0.6 is 15.9 Å². The van der Waals surface area contributed by atoms with Crippen molar-refractivity contribution in [2.45, 2.75) is 6.54 Å². The quantitative estimate of drug-likeness (QED) is 0.865. The monoisotopic (exact) mass is 351 g/mol. The van der Waals surface area contributed by atoms with E-state index in [1.54, 1.807) is 6.07 Å². The number of nitrogens with zero attached hydrogens (tertiary/aromatic N) is 2. The molecule has 0 unspecified atom stereocenters. The standard InChI is InChI=1S/C13H10BrN3O4/c14-8-3-4-11(19)17(6-8)7-10(18)16-12-9(13(20)21)2-1-5-15-12/h1-6H,7H2,(H,20,21)(H,15,16,18). The van der Waals surface area contributed by atoms with Crippen LogP contribution in [0.25, 0.3) is 0 Å². The van der Waals surface area contributed by atoms with Crippen molar-refractivity contribution < 1.29 is 14.7 Å². The van der Waals surface area contributed by atoms with Gasteiger partial charge in [0.25, 0.3) is 5.56 Å². The number of carboxylic acid groups (broad SMARTS) is 1. The van der Waals surface area contributed by atoms with Gasteiger partial charge in [0.15, 0.2) is 0 Å². The van der Waals surface area contributed by atoms with E-state index in [1.165, 1.54) is 35.2 Å². The van der Waals surface area contributed by atoms with E-state index in [4.69, 9.17) is 5.11 Å². The highest BCUT2D eigenvalue weighted by molar-refractivity contribution is 9.10. The molecule has 0 aliphatic heterocycles. The molecule has 0 saturated carbocycles. The summed E-state index contributed by atoms with van der Waals surface area (Å²) in [4.78, 5) is 38.3. The number of rotatable bonds is 4. The van der Waals surface area contributed by atoms with Crippen molar-refractivity contribution in [1.29, 1.82) is 0 Å². The largest absolute Gasteiger partial charge is 0.478 e. The van der Waals surface area contributed by atoms with Crippen LogP contribution in [0.3, 0.4) is 0 Å². The number of hydrogen-bond donors (Lipinski definition) is 2. The number of halogens is 1. The lowest BCUT2D eigenvalue weighted by molar-refractivity contribution is -0.116. The van der Waals surface area contributed by atoms with E-state index >= 15 is 0 Å². The molecule has 0 atom stereocenters. The number of aromatic nitrogens is 2. The fourth-order valence-corrected chi connectivity index (χ4v) is 2.01. The Labute approximate surface area is 127 Å². The first-order valence-electron chi connectivity index (χ1n) is 5.81. The van der Waals surface area contributed by atoms with E-state index < -0.39 is 11.9 Å². The predicted molar refractivity (Wildman–Crippen MR) is 78.2 cm³/mol. The van der Waals surface area contributed by atoms with Gasteiger partial charge in [0, 0.05) is 22.9 Å². The summed E-state index contributed by atoms with van der Waals surface area (Å²) in [5.41, 5.74) is -0.458. The Morgan fingerprint density at radius 2 is 2.10 bits per heavy atom. The first-order chi connectivity index (χ1) is 9.97. The lowest BCUT2D eigenvalue weighted by atomic mass is 10.2. The number of anilines is 1. The van der Waals surface area contributed by atoms with Gasteiger partial charge in [-0.1, -0.05) is 0 Å². The van der Waals surface area contributed by atoms with Gasteiger partial charge in [-0.2, -0.15) is 0 Å². The van der Waals surface area contributed by atoms with Crippen molar-refractivity contribution >= 4 is 33.6 Å². The summed E-state index contributed by atoms with van der Waals surface area (Å²) in [6, 6.07) is 5.67. The fourth-order valence-electron chi connectivity index (χ4n) is 1.63. The first-order valence-corrected chi connectivity index (χ1v) is 6.61. The highest BCUT2D eigenvalue weighted by atomic mass is 79.9. The molecule has 8 heteroatoms. The van der Waals surface area contributed by atoms with Crippen molar-refractivity contribution in [3.05, 3.63) is 57.0 Å². The van der Waals surface area contributed by atoms with E-state index in [9.17, 15) is 14.4 Å². The molecule has 0 aromatic carbocycles. The number of amides is 1. The Morgan fingerprint density at radius 3 is 2.81 bits per heavy atom. The number of carbonyl (C=O) groups is 2. The molecule has 0 radical (unpaired) electrons. The minimum absolute atomic E-state index is 0.0574. The van der Waals surface area contributed by atoms with Gasteiger partial charge in [-0.05, 0) is 34.1 Å². The summed E-state index contributed by atoms with van der Waals surface area (Å²) in [6.45, 7) is -0.242. The lowest BCUT2D eigenvalue weighted by Gasteiger charge is -2.08. The molecule has 7 nitrogen and oxygen atoms in total. The molecule has 21 heavy (non-hydrogen) atoms. The fraction of sp³-hybridized carbons (Fsp3) is 0.0769. The summed E-state index contributed by atoms with van der Waals surface area (Å²) in [7, 11) is 0. The van der Waals surface area contributed by atoms with Crippen LogP contribution in [-0.4, -0.2) is 26.5 Å². The normalized spacial score (nSPS) is 10.1. The molecule has 0 saturated heterocycles. The third-order valence-electron chi connectivity index (χ3n) is 2.56. The molecule has 2 aromatic rings. The van der Waals surface area contributed by atoms with Crippen molar-refractivity contribution in [3.8, 4) is 0 Å². The zero-order valence-electron chi connectivity index (χ0n) is 10.6. The van der Waals surface area contributed by atoms with Crippen molar-refractivity contribution in [2.75, 3.05) is 5.32 Å². The molecular weight excluding hydrogens is 342 g/mol.